The van der Waals surface area contributed by atoms with Gasteiger partial charge in [0.1, 0.15) is 11.5 Å². The molecule has 0 radical (unpaired) electrons. The molecule has 0 aromatic heterocycles. The second-order valence-electron chi connectivity index (χ2n) is 5.47. The number of benzene rings is 1. The van der Waals surface area contributed by atoms with E-state index in [1.54, 1.807) is 19.2 Å². The summed E-state index contributed by atoms with van der Waals surface area (Å²) in [5, 5.41) is 6.65. The molecule has 0 saturated carbocycles. The van der Waals surface area contributed by atoms with Crippen molar-refractivity contribution in [1.29, 1.82) is 0 Å². The summed E-state index contributed by atoms with van der Waals surface area (Å²) in [6, 6.07) is 3.33. The molecule has 1 saturated heterocycles. The SMILES string of the molecule is COc1cc(OC)c(NC(=O)CCC2CCNCC2)cc1Cl.Cl. The van der Waals surface area contributed by atoms with Gasteiger partial charge < -0.3 is 20.1 Å². The van der Waals surface area contributed by atoms with Crippen molar-refractivity contribution < 1.29 is 14.3 Å². The Hall–Kier alpha value is -1.17. The lowest BCUT2D eigenvalue weighted by atomic mass is 9.93. The molecule has 0 spiro atoms. The van der Waals surface area contributed by atoms with Crippen molar-refractivity contribution >= 4 is 35.6 Å². The highest BCUT2D eigenvalue weighted by Gasteiger charge is 2.16. The third kappa shape index (κ3) is 5.75. The third-order valence-electron chi connectivity index (χ3n) is 3.99. The monoisotopic (exact) mass is 362 g/mol. The van der Waals surface area contributed by atoms with Crippen molar-refractivity contribution in [2.75, 3.05) is 32.6 Å². The van der Waals surface area contributed by atoms with Crippen LogP contribution in [0.1, 0.15) is 25.7 Å². The van der Waals surface area contributed by atoms with Gasteiger partial charge >= 0.3 is 0 Å². The highest BCUT2D eigenvalue weighted by atomic mass is 35.5. The maximum atomic E-state index is 12.1. The third-order valence-corrected chi connectivity index (χ3v) is 4.28. The van der Waals surface area contributed by atoms with Gasteiger partial charge in [-0.05, 0) is 44.3 Å². The maximum absolute atomic E-state index is 12.1. The molecule has 5 nitrogen and oxygen atoms in total. The molecule has 1 aromatic carbocycles. The first-order valence-electron chi connectivity index (χ1n) is 7.56. The number of methoxy groups -OCH3 is 2. The van der Waals surface area contributed by atoms with E-state index < -0.39 is 0 Å². The maximum Gasteiger partial charge on any atom is 0.224 e. The zero-order valence-electron chi connectivity index (χ0n) is 13.5. The zero-order valence-corrected chi connectivity index (χ0v) is 15.1. The van der Waals surface area contributed by atoms with E-state index in [0.29, 0.717) is 34.5 Å². The molecule has 0 aliphatic carbocycles. The van der Waals surface area contributed by atoms with Gasteiger partial charge in [-0.25, -0.2) is 0 Å². The van der Waals surface area contributed by atoms with Crippen LogP contribution in [-0.4, -0.2) is 33.2 Å². The summed E-state index contributed by atoms with van der Waals surface area (Å²) in [6.07, 6.45) is 3.72. The van der Waals surface area contributed by atoms with Crippen LogP contribution >= 0.6 is 24.0 Å². The topological polar surface area (TPSA) is 59.6 Å². The van der Waals surface area contributed by atoms with Crippen LogP contribution in [0.2, 0.25) is 5.02 Å². The number of rotatable bonds is 6. The average molecular weight is 363 g/mol. The summed E-state index contributed by atoms with van der Waals surface area (Å²) >= 11 is 6.10. The standard InChI is InChI=1S/C16H23ClN2O3.ClH/c1-21-14-10-15(22-2)13(9-12(14)17)19-16(20)4-3-11-5-7-18-8-6-11;/h9-11,18H,3-8H2,1-2H3,(H,19,20);1H. The fourth-order valence-electron chi connectivity index (χ4n) is 2.68. The van der Waals surface area contributed by atoms with Crippen molar-refractivity contribution in [1.82, 2.24) is 5.32 Å². The molecule has 1 fully saturated rings. The second-order valence-corrected chi connectivity index (χ2v) is 5.87. The van der Waals surface area contributed by atoms with Gasteiger partial charge in [0.2, 0.25) is 5.91 Å². The van der Waals surface area contributed by atoms with Crippen LogP contribution < -0.4 is 20.1 Å². The lowest BCUT2D eigenvalue weighted by Gasteiger charge is -2.22. The summed E-state index contributed by atoms with van der Waals surface area (Å²) in [4.78, 5) is 12.1. The first-order chi connectivity index (χ1) is 10.6. The minimum Gasteiger partial charge on any atom is -0.495 e. The average Bonchev–Trinajstić information content (AvgIpc) is 2.54. The number of hydrogen-bond acceptors (Lipinski definition) is 4. The summed E-state index contributed by atoms with van der Waals surface area (Å²) in [7, 11) is 3.09. The molecule has 1 aromatic rings. The molecule has 1 aliphatic rings. The van der Waals surface area contributed by atoms with Gasteiger partial charge in [-0.15, -0.1) is 12.4 Å². The Labute approximate surface area is 148 Å². The van der Waals surface area contributed by atoms with E-state index >= 15 is 0 Å². The van der Waals surface area contributed by atoms with Gasteiger partial charge in [0.15, 0.2) is 0 Å². The van der Waals surface area contributed by atoms with Crippen molar-refractivity contribution in [3.8, 4) is 11.5 Å². The van der Waals surface area contributed by atoms with Crippen LogP contribution in [0.3, 0.4) is 0 Å². The molecule has 1 aliphatic heterocycles. The van der Waals surface area contributed by atoms with E-state index in [4.69, 9.17) is 21.1 Å². The molecule has 0 bridgehead atoms. The van der Waals surface area contributed by atoms with E-state index in [1.807, 2.05) is 0 Å². The van der Waals surface area contributed by atoms with Gasteiger partial charge in [0.25, 0.3) is 0 Å². The molecule has 7 heteroatoms. The minimum absolute atomic E-state index is 0. The van der Waals surface area contributed by atoms with Gasteiger partial charge in [-0.2, -0.15) is 0 Å². The van der Waals surface area contributed by atoms with E-state index in [2.05, 4.69) is 10.6 Å². The van der Waals surface area contributed by atoms with E-state index in [0.717, 1.165) is 32.4 Å². The molecule has 2 N–H and O–H groups in total. The number of anilines is 1. The molecule has 23 heavy (non-hydrogen) atoms. The zero-order chi connectivity index (χ0) is 15.9. The van der Waals surface area contributed by atoms with E-state index in [-0.39, 0.29) is 18.3 Å². The molecule has 130 valence electrons. The highest BCUT2D eigenvalue weighted by molar-refractivity contribution is 6.32. The van der Waals surface area contributed by atoms with Gasteiger partial charge in [0, 0.05) is 12.5 Å². The lowest BCUT2D eigenvalue weighted by Crippen LogP contribution is -2.28. The molecule has 1 amide bonds. The quantitative estimate of drug-likeness (QED) is 0.812. The normalized spacial score (nSPS) is 14.7. The second kappa shape index (κ2) is 9.85. The molecule has 0 atom stereocenters. The van der Waals surface area contributed by atoms with E-state index in [1.165, 1.54) is 7.11 Å². The summed E-state index contributed by atoms with van der Waals surface area (Å²) in [5.41, 5.74) is 0.573. The first kappa shape index (κ1) is 19.9. The van der Waals surface area contributed by atoms with Crippen LogP contribution in [-0.2, 0) is 4.79 Å². The van der Waals surface area contributed by atoms with Crippen molar-refractivity contribution in [2.45, 2.75) is 25.7 Å². The number of nitrogens with one attached hydrogen (secondary N) is 2. The predicted molar refractivity (Wildman–Crippen MR) is 95.3 cm³/mol. The van der Waals surface area contributed by atoms with Crippen LogP contribution in [0.25, 0.3) is 0 Å². The number of hydrogen-bond donors (Lipinski definition) is 2. The van der Waals surface area contributed by atoms with Crippen LogP contribution in [0.15, 0.2) is 12.1 Å². The largest absolute Gasteiger partial charge is 0.495 e. The number of carbonyl (C=O) groups excluding carboxylic acids is 1. The van der Waals surface area contributed by atoms with Crippen LogP contribution in [0.4, 0.5) is 5.69 Å². The lowest BCUT2D eigenvalue weighted by molar-refractivity contribution is -0.116. The Morgan fingerprint density at radius 2 is 1.91 bits per heavy atom. The van der Waals surface area contributed by atoms with Crippen LogP contribution in [0, 0.1) is 5.92 Å². The number of amides is 1. The Kier molecular flexibility index (Phi) is 8.52. The van der Waals surface area contributed by atoms with Crippen molar-refractivity contribution in [3.63, 3.8) is 0 Å². The Morgan fingerprint density at radius 3 is 2.52 bits per heavy atom. The Bertz CT molecular complexity index is 520. The Balaban J connectivity index is 0.00000264. The predicted octanol–water partition coefficient (Wildman–Crippen LogP) is 3.50. The summed E-state index contributed by atoms with van der Waals surface area (Å²) in [5.74, 6) is 1.68. The molecular formula is C16H24Cl2N2O3. The number of ether oxygens (including phenoxy) is 2. The van der Waals surface area contributed by atoms with Crippen LogP contribution in [0.5, 0.6) is 11.5 Å². The summed E-state index contributed by atoms with van der Waals surface area (Å²) < 4.78 is 10.4. The van der Waals surface area contributed by atoms with Crippen molar-refractivity contribution in [2.24, 2.45) is 5.92 Å². The van der Waals surface area contributed by atoms with Gasteiger partial charge in [-0.1, -0.05) is 11.6 Å². The van der Waals surface area contributed by atoms with Gasteiger partial charge in [0.05, 0.1) is 24.9 Å². The minimum atomic E-state index is -0.0157. The fraction of sp³-hybridized carbons (Fsp3) is 0.562. The summed E-state index contributed by atoms with van der Waals surface area (Å²) in [6.45, 7) is 2.10. The molecular weight excluding hydrogens is 339 g/mol. The highest BCUT2D eigenvalue weighted by Crippen LogP contribution is 2.36. The van der Waals surface area contributed by atoms with Crippen molar-refractivity contribution in [3.05, 3.63) is 17.2 Å². The smallest absolute Gasteiger partial charge is 0.224 e. The molecule has 2 rings (SSSR count). The number of carbonyl (C=O) groups is 1. The first-order valence-corrected chi connectivity index (χ1v) is 7.94. The number of piperidine rings is 1. The fourth-order valence-corrected chi connectivity index (χ4v) is 2.92. The van der Waals surface area contributed by atoms with E-state index in [9.17, 15) is 4.79 Å². The Morgan fingerprint density at radius 1 is 1.26 bits per heavy atom. The molecule has 1 heterocycles. The molecule has 0 unspecified atom stereocenters. The van der Waals surface area contributed by atoms with Gasteiger partial charge in [-0.3, -0.25) is 4.79 Å². The number of halogens is 2.